The van der Waals surface area contributed by atoms with Crippen molar-refractivity contribution >= 4 is 23.5 Å². The average Bonchev–Trinajstić information content (AvgIpc) is 2.68. The molecule has 0 spiro atoms. The van der Waals surface area contributed by atoms with Crippen LogP contribution in [-0.2, 0) is 4.79 Å². The summed E-state index contributed by atoms with van der Waals surface area (Å²) in [6, 6.07) is 7.96. The van der Waals surface area contributed by atoms with Crippen LogP contribution >= 0.6 is 0 Å². The van der Waals surface area contributed by atoms with Crippen LogP contribution in [0.4, 0.5) is 15.9 Å². The molecule has 5 N–H and O–H groups in total. The Morgan fingerprint density at radius 2 is 2.11 bits per heavy atom. The Morgan fingerprint density at radius 3 is 2.75 bits per heavy atom. The van der Waals surface area contributed by atoms with E-state index in [4.69, 9.17) is 16.3 Å². The molecule has 0 radical (unpaired) electrons. The summed E-state index contributed by atoms with van der Waals surface area (Å²) in [4.78, 5) is 20.3. The number of aromatic nitrogens is 2. The first kappa shape index (κ1) is 21.3. The predicted octanol–water partition coefficient (Wildman–Crippen LogP) is 2.59. The summed E-state index contributed by atoms with van der Waals surface area (Å²) < 4.78 is 13.4. The van der Waals surface area contributed by atoms with Gasteiger partial charge in [-0.3, -0.25) is 0 Å². The lowest BCUT2D eigenvalue weighted by molar-refractivity contribution is -0.106. The van der Waals surface area contributed by atoms with Gasteiger partial charge < -0.3 is 26.5 Å². The number of piperidine rings is 1. The number of hydrogen-bond donors (Lipinski definition) is 3. The first-order valence-corrected chi connectivity index (χ1v) is 9.14. The smallest absolute Gasteiger partial charge is 0.135 e. The lowest BCUT2D eigenvalue weighted by Crippen LogP contribution is -2.32. The Labute approximate surface area is 164 Å². The van der Waals surface area contributed by atoms with Crippen molar-refractivity contribution in [2.24, 2.45) is 11.5 Å². The molecular weight excluding hydrogens is 359 g/mol. The quantitative estimate of drug-likeness (QED) is 0.693. The second kappa shape index (κ2) is 10.4. The third-order valence-corrected chi connectivity index (χ3v) is 4.31. The first-order chi connectivity index (χ1) is 13.5. The van der Waals surface area contributed by atoms with Crippen LogP contribution < -0.4 is 16.8 Å². The van der Waals surface area contributed by atoms with E-state index in [0.29, 0.717) is 22.9 Å². The van der Waals surface area contributed by atoms with Gasteiger partial charge in [0.1, 0.15) is 23.7 Å². The van der Waals surface area contributed by atoms with Crippen molar-refractivity contribution < 1.29 is 9.18 Å². The number of nitrogens with zero attached hydrogens (tertiary/aromatic N) is 3. The average molecular weight is 386 g/mol. The highest BCUT2D eigenvalue weighted by Gasteiger charge is 2.22. The zero-order chi connectivity index (χ0) is 20.5. The van der Waals surface area contributed by atoms with Gasteiger partial charge in [-0.2, -0.15) is 0 Å². The van der Waals surface area contributed by atoms with E-state index in [1.165, 1.54) is 25.3 Å². The second-order valence-corrected chi connectivity index (χ2v) is 6.59. The summed E-state index contributed by atoms with van der Waals surface area (Å²) in [6.45, 7) is 3.42. The Balaban J connectivity index is 0.000000878. The maximum absolute atomic E-state index is 13.4. The van der Waals surface area contributed by atoms with E-state index >= 15 is 0 Å². The van der Waals surface area contributed by atoms with Gasteiger partial charge in [0, 0.05) is 30.4 Å². The van der Waals surface area contributed by atoms with Crippen molar-refractivity contribution in [1.82, 2.24) is 14.9 Å². The van der Waals surface area contributed by atoms with Crippen LogP contribution in [0.3, 0.4) is 0 Å². The van der Waals surface area contributed by atoms with Crippen LogP contribution in [0.5, 0.6) is 0 Å². The molecule has 1 aliphatic heterocycles. The molecule has 1 aromatic carbocycles. The molecule has 0 amide bonds. The lowest BCUT2D eigenvalue weighted by Gasteiger charge is -2.29. The first-order valence-electron chi connectivity index (χ1n) is 9.14. The van der Waals surface area contributed by atoms with Gasteiger partial charge in [0.15, 0.2) is 0 Å². The summed E-state index contributed by atoms with van der Waals surface area (Å²) in [6.07, 6.45) is 4.20. The molecule has 0 aliphatic carbocycles. The summed E-state index contributed by atoms with van der Waals surface area (Å²) in [5.74, 6) is 1.23. The Bertz CT molecular complexity index is 826. The minimum absolute atomic E-state index is 0.234. The summed E-state index contributed by atoms with van der Waals surface area (Å²) in [7, 11) is 2.09. The number of benzene rings is 1. The Kier molecular flexibility index (Phi) is 7.88. The number of likely N-dealkylation sites (tertiary alicyclic amines) is 1. The standard InChI is InChI=1S/C18H23FN6.C2H4O/c1-25-7-3-4-12(11-25)18-23-16(15(21)10-20)9-17(24-18)22-14-6-2-5-13(19)8-14;1-2-3/h2,5-6,8-10,12H,3-4,7,11,20-21H2,1H3,(H,22,23,24);2H,1H3/b15-10-;. The van der Waals surface area contributed by atoms with E-state index in [0.717, 1.165) is 38.0 Å². The molecule has 1 aromatic heterocycles. The molecule has 8 heteroatoms. The molecule has 0 bridgehead atoms. The Morgan fingerprint density at radius 1 is 1.36 bits per heavy atom. The van der Waals surface area contributed by atoms with E-state index in [9.17, 15) is 4.39 Å². The van der Waals surface area contributed by atoms with Crippen molar-refractivity contribution in [3.05, 3.63) is 53.9 Å². The van der Waals surface area contributed by atoms with Gasteiger partial charge in [-0.1, -0.05) is 6.07 Å². The van der Waals surface area contributed by atoms with Gasteiger partial charge in [0.05, 0.1) is 11.4 Å². The molecule has 1 fully saturated rings. The molecule has 0 saturated carbocycles. The number of likely N-dealkylation sites (N-methyl/N-ethyl adjacent to an activating group) is 1. The number of carbonyl (C=O) groups is 1. The van der Waals surface area contributed by atoms with E-state index in [-0.39, 0.29) is 11.7 Å². The molecule has 1 atom stereocenters. The maximum atomic E-state index is 13.4. The topological polar surface area (TPSA) is 110 Å². The van der Waals surface area contributed by atoms with Crippen LogP contribution in [0.2, 0.25) is 0 Å². The normalized spacial score (nSPS) is 17.4. The third kappa shape index (κ3) is 6.02. The van der Waals surface area contributed by atoms with Gasteiger partial charge in [0.2, 0.25) is 0 Å². The van der Waals surface area contributed by atoms with Crippen molar-refractivity contribution in [2.75, 3.05) is 25.5 Å². The SMILES string of the molecule is CC=O.CN1CCCC(c2nc(Nc3cccc(F)c3)cc(/C(N)=C/N)n2)C1. The largest absolute Gasteiger partial charge is 0.403 e. The lowest BCUT2D eigenvalue weighted by atomic mass is 9.97. The molecule has 1 aliphatic rings. The van der Waals surface area contributed by atoms with E-state index in [1.807, 2.05) is 0 Å². The van der Waals surface area contributed by atoms with Gasteiger partial charge in [-0.05, 0) is 51.6 Å². The second-order valence-electron chi connectivity index (χ2n) is 6.59. The molecule has 1 saturated heterocycles. The fourth-order valence-corrected chi connectivity index (χ4v) is 3.04. The minimum atomic E-state index is -0.310. The zero-order valence-corrected chi connectivity index (χ0v) is 16.2. The molecule has 7 nitrogen and oxygen atoms in total. The van der Waals surface area contributed by atoms with Crippen molar-refractivity contribution in [2.45, 2.75) is 25.7 Å². The number of hydrogen-bond acceptors (Lipinski definition) is 7. The van der Waals surface area contributed by atoms with Gasteiger partial charge in [-0.15, -0.1) is 0 Å². The number of carbonyl (C=O) groups excluding carboxylic acids is 1. The summed E-state index contributed by atoms with van der Waals surface area (Å²) in [5.41, 5.74) is 13.1. The van der Waals surface area contributed by atoms with Gasteiger partial charge >= 0.3 is 0 Å². The number of nitrogens with two attached hydrogens (primary N) is 2. The van der Waals surface area contributed by atoms with Crippen LogP contribution in [0.15, 0.2) is 36.5 Å². The van der Waals surface area contributed by atoms with Gasteiger partial charge in [0.25, 0.3) is 0 Å². The molecule has 1 unspecified atom stereocenters. The number of halogens is 1. The number of rotatable bonds is 4. The minimum Gasteiger partial charge on any atom is -0.403 e. The van der Waals surface area contributed by atoms with Crippen molar-refractivity contribution in [3.63, 3.8) is 0 Å². The fraction of sp³-hybridized carbons (Fsp3) is 0.350. The maximum Gasteiger partial charge on any atom is 0.135 e. The highest BCUT2D eigenvalue weighted by Crippen LogP contribution is 2.26. The Hall–Kier alpha value is -3.00. The highest BCUT2D eigenvalue weighted by molar-refractivity contribution is 5.64. The van der Waals surface area contributed by atoms with Crippen LogP contribution in [-0.4, -0.2) is 41.3 Å². The van der Waals surface area contributed by atoms with Gasteiger partial charge in [-0.25, -0.2) is 14.4 Å². The molecule has 28 heavy (non-hydrogen) atoms. The van der Waals surface area contributed by atoms with Crippen molar-refractivity contribution in [3.8, 4) is 0 Å². The zero-order valence-electron chi connectivity index (χ0n) is 16.2. The van der Waals surface area contributed by atoms with E-state index < -0.39 is 0 Å². The molecular formula is C20H27FN6O. The summed E-state index contributed by atoms with van der Waals surface area (Å²) >= 11 is 0. The monoisotopic (exact) mass is 386 g/mol. The number of nitrogens with one attached hydrogen (secondary N) is 1. The molecule has 3 rings (SSSR count). The van der Waals surface area contributed by atoms with E-state index in [2.05, 4.69) is 27.2 Å². The molecule has 2 heterocycles. The number of anilines is 2. The summed E-state index contributed by atoms with van der Waals surface area (Å²) in [5, 5.41) is 3.13. The van der Waals surface area contributed by atoms with Crippen LogP contribution in [0.25, 0.3) is 5.70 Å². The fourth-order valence-electron chi connectivity index (χ4n) is 3.04. The number of aldehydes is 1. The molecule has 150 valence electrons. The highest BCUT2D eigenvalue weighted by atomic mass is 19.1. The predicted molar refractivity (Wildman–Crippen MR) is 109 cm³/mol. The molecule has 2 aromatic rings. The van der Waals surface area contributed by atoms with Crippen LogP contribution in [0.1, 0.15) is 37.2 Å². The van der Waals surface area contributed by atoms with Crippen LogP contribution in [0, 0.1) is 5.82 Å². The van der Waals surface area contributed by atoms with E-state index in [1.54, 1.807) is 18.2 Å². The third-order valence-electron chi connectivity index (χ3n) is 4.31. The van der Waals surface area contributed by atoms with Crippen molar-refractivity contribution in [1.29, 1.82) is 0 Å².